The highest BCUT2D eigenvalue weighted by molar-refractivity contribution is 5.73. The molecule has 1 heterocycles. The summed E-state index contributed by atoms with van der Waals surface area (Å²) in [6, 6.07) is 0. The summed E-state index contributed by atoms with van der Waals surface area (Å²) in [5.41, 5.74) is 6.19. The topological polar surface area (TPSA) is 72.9 Å². The van der Waals surface area contributed by atoms with Gasteiger partial charge in [0.2, 0.25) is 5.91 Å². The Morgan fingerprint density at radius 2 is 2.40 bits per heavy atom. The Morgan fingerprint density at radius 3 is 3.00 bits per heavy atom. The molecule has 0 atom stereocenters. The van der Waals surface area contributed by atoms with Gasteiger partial charge in [-0.05, 0) is 19.4 Å². The Balaban J connectivity index is 2.03. The third kappa shape index (κ3) is 4.60. The van der Waals surface area contributed by atoms with Gasteiger partial charge in [0.05, 0.1) is 12.0 Å². The number of nitrogens with zero attached hydrogens (tertiary/aromatic N) is 2. The fourth-order valence-corrected chi connectivity index (χ4v) is 1.32. The quantitative estimate of drug-likeness (QED) is 0.630. The number of nitrogens with one attached hydrogen (secondary N) is 1. The molecular weight excluding hydrogens is 192 g/mol. The number of amides is 1. The van der Waals surface area contributed by atoms with Crippen molar-refractivity contribution in [3.63, 3.8) is 0 Å². The molecule has 0 radical (unpaired) electrons. The summed E-state index contributed by atoms with van der Waals surface area (Å²) in [7, 11) is 1.97. The van der Waals surface area contributed by atoms with E-state index in [0.29, 0.717) is 6.42 Å². The molecule has 0 saturated carbocycles. The van der Waals surface area contributed by atoms with Crippen LogP contribution < -0.4 is 11.1 Å². The average Bonchev–Trinajstić information content (AvgIpc) is 2.57. The third-order valence-electron chi connectivity index (χ3n) is 2.25. The molecule has 1 aromatic rings. The second-order valence-electron chi connectivity index (χ2n) is 3.60. The van der Waals surface area contributed by atoms with E-state index in [-0.39, 0.29) is 5.91 Å². The van der Waals surface area contributed by atoms with Crippen molar-refractivity contribution in [3.05, 3.63) is 18.2 Å². The zero-order valence-electron chi connectivity index (χ0n) is 9.07. The molecule has 0 bridgehead atoms. The van der Waals surface area contributed by atoms with Gasteiger partial charge in [0.15, 0.2) is 0 Å². The highest BCUT2D eigenvalue weighted by Gasteiger charge is 1.97. The highest BCUT2D eigenvalue weighted by Crippen LogP contribution is 1.96. The van der Waals surface area contributed by atoms with Gasteiger partial charge in [-0.3, -0.25) is 4.79 Å². The zero-order valence-corrected chi connectivity index (χ0v) is 9.07. The Morgan fingerprint density at radius 1 is 1.60 bits per heavy atom. The van der Waals surface area contributed by atoms with E-state index in [1.165, 1.54) is 0 Å². The van der Waals surface area contributed by atoms with Gasteiger partial charge < -0.3 is 15.6 Å². The average molecular weight is 210 g/mol. The first-order valence-electron chi connectivity index (χ1n) is 5.14. The highest BCUT2D eigenvalue weighted by atomic mass is 16.1. The number of hydrogen-bond acceptors (Lipinski definition) is 3. The van der Waals surface area contributed by atoms with Gasteiger partial charge >= 0.3 is 0 Å². The van der Waals surface area contributed by atoms with Gasteiger partial charge in [-0.15, -0.1) is 0 Å². The molecule has 15 heavy (non-hydrogen) atoms. The summed E-state index contributed by atoms with van der Waals surface area (Å²) in [6.07, 6.45) is 5.93. The minimum Gasteiger partial charge on any atom is -0.370 e. The minimum atomic E-state index is -0.221. The number of hydrogen-bond donors (Lipinski definition) is 2. The number of unbranched alkanes of at least 4 members (excludes halogenated alkanes) is 1. The van der Waals surface area contributed by atoms with Crippen molar-refractivity contribution >= 4 is 5.91 Å². The van der Waals surface area contributed by atoms with Crippen LogP contribution in [0.3, 0.4) is 0 Å². The monoisotopic (exact) mass is 210 g/mol. The van der Waals surface area contributed by atoms with Crippen molar-refractivity contribution in [2.24, 2.45) is 12.8 Å². The summed E-state index contributed by atoms with van der Waals surface area (Å²) in [5.74, 6) is -0.221. The molecule has 0 aromatic carbocycles. The van der Waals surface area contributed by atoms with Crippen LogP contribution in [-0.2, 0) is 18.4 Å². The molecule has 0 spiro atoms. The van der Waals surface area contributed by atoms with Crippen molar-refractivity contribution in [1.29, 1.82) is 0 Å². The maximum atomic E-state index is 10.5. The van der Waals surface area contributed by atoms with Crippen molar-refractivity contribution in [2.45, 2.75) is 25.8 Å². The first kappa shape index (κ1) is 11.7. The maximum absolute atomic E-state index is 10.5. The standard InChI is InChI=1S/C10H18N4O/c1-14-8-13-7-9(14)6-12-5-3-2-4-10(11)15/h7-8,12H,2-6H2,1H3,(H2,11,15). The maximum Gasteiger partial charge on any atom is 0.217 e. The number of rotatable bonds is 7. The molecule has 0 aliphatic heterocycles. The molecule has 1 aromatic heterocycles. The van der Waals surface area contributed by atoms with Gasteiger partial charge in [0.1, 0.15) is 0 Å². The normalized spacial score (nSPS) is 10.5. The number of nitrogens with two attached hydrogens (primary N) is 1. The van der Waals surface area contributed by atoms with E-state index in [1.807, 2.05) is 17.8 Å². The number of carbonyl (C=O) groups excluding carboxylic acids is 1. The second kappa shape index (κ2) is 6.19. The molecule has 0 fully saturated rings. The number of imidazole rings is 1. The predicted molar refractivity (Wildman–Crippen MR) is 58.0 cm³/mol. The molecule has 0 unspecified atom stereocenters. The number of aromatic nitrogens is 2. The number of carbonyl (C=O) groups is 1. The fraction of sp³-hybridized carbons (Fsp3) is 0.600. The fourth-order valence-electron chi connectivity index (χ4n) is 1.32. The summed E-state index contributed by atoms with van der Waals surface area (Å²) >= 11 is 0. The predicted octanol–water partition coefficient (Wildman–Crippen LogP) is 0.165. The molecule has 5 nitrogen and oxygen atoms in total. The largest absolute Gasteiger partial charge is 0.370 e. The first-order valence-corrected chi connectivity index (χ1v) is 5.14. The van der Waals surface area contributed by atoms with Crippen molar-refractivity contribution in [1.82, 2.24) is 14.9 Å². The van der Waals surface area contributed by atoms with Crippen molar-refractivity contribution in [2.75, 3.05) is 6.54 Å². The van der Waals surface area contributed by atoms with Crippen LogP contribution in [0.4, 0.5) is 0 Å². The molecule has 0 saturated heterocycles. The Labute approximate surface area is 89.7 Å². The van der Waals surface area contributed by atoms with Gasteiger partial charge in [-0.2, -0.15) is 0 Å². The number of primary amides is 1. The third-order valence-corrected chi connectivity index (χ3v) is 2.25. The van der Waals surface area contributed by atoms with E-state index in [0.717, 1.165) is 31.6 Å². The molecule has 0 aliphatic carbocycles. The minimum absolute atomic E-state index is 0.221. The van der Waals surface area contributed by atoms with Gasteiger partial charge in [0.25, 0.3) is 0 Å². The summed E-state index contributed by atoms with van der Waals surface area (Å²) in [5, 5.41) is 3.29. The molecule has 3 N–H and O–H groups in total. The second-order valence-corrected chi connectivity index (χ2v) is 3.60. The Hall–Kier alpha value is -1.36. The number of aryl methyl sites for hydroxylation is 1. The van der Waals surface area contributed by atoms with Crippen LogP contribution in [0, 0.1) is 0 Å². The van der Waals surface area contributed by atoms with E-state index >= 15 is 0 Å². The summed E-state index contributed by atoms with van der Waals surface area (Å²) in [4.78, 5) is 14.5. The van der Waals surface area contributed by atoms with Crippen LogP contribution >= 0.6 is 0 Å². The zero-order chi connectivity index (χ0) is 11.1. The van der Waals surface area contributed by atoms with Gasteiger partial charge in [-0.25, -0.2) is 4.98 Å². The van der Waals surface area contributed by atoms with E-state index in [1.54, 1.807) is 6.33 Å². The Kier molecular flexibility index (Phi) is 4.83. The van der Waals surface area contributed by atoms with Gasteiger partial charge in [-0.1, -0.05) is 0 Å². The molecule has 0 aliphatic rings. The lowest BCUT2D eigenvalue weighted by Crippen LogP contribution is -2.17. The molecular formula is C10H18N4O. The van der Waals surface area contributed by atoms with Crippen LogP contribution in [0.15, 0.2) is 12.5 Å². The van der Waals surface area contributed by atoms with Crippen LogP contribution in [0.25, 0.3) is 0 Å². The lowest BCUT2D eigenvalue weighted by Gasteiger charge is -2.04. The lowest BCUT2D eigenvalue weighted by atomic mass is 10.2. The summed E-state index contributed by atoms with van der Waals surface area (Å²) in [6.45, 7) is 1.71. The van der Waals surface area contributed by atoms with E-state index in [4.69, 9.17) is 5.73 Å². The summed E-state index contributed by atoms with van der Waals surface area (Å²) < 4.78 is 1.98. The smallest absolute Gasteiger partial charge is 0.217 e. The Bertz CT molecular complexity index is 308. The van der Waals surface area contributed by atoms with Crippen molar-refractivity contribution < 1.29 is 4.79 Å². The van der Waals surface area contributed by atoms with E-state index < -0.39 is 0 Å². The van der Waals surface area contributed by atoms with Crippen LogP contribution in [0.5, 0.6) is 0 Å². The molecule has 5 heteroatoms. The lowest BCUT2D eigenvalue weighted by molar-refractivity contribution is -0.118. The molecule has 1 amide bonds. The van der Waals surface area contributed by atoms with E-state index in [9.17, 15) is 4.79 Å². The van der Waals surface area contributed by atoms with E-state index in [2.05, 4.69) is 10.3 Å². The van der Waals surface area contributed by atoms with Gasteiger partial charge in [0, 0.05) is 26.2 Å². The first-order chi connectivity index (χ1) is 7.20. The van der Waals surface area contributed by atoms with Crippen LogP contribution in [0.1, 0.15) is 25.0 Å². The van der Waals surface area contributed by atoms with Crippen LogP contribution in [-0.4, -0.2) is 22.0 Å². The van der Waals surface area contributed by atoms with Crippen LogP contribution in [0.2, 0.25) is 0 Å². The van der Waals surface area contributed by atoms with Crippen molar-refractivity contribution in [3.8, 4) is 0 Å². The molecule has 1 rings (SSSR count). The molecule has 84 valence electrons. The SMILES string of the molecule is Cn1cncc1CNCCCCC(N)=O.